The monoisotopic (exact) mass is 231 g/mol. The first-order valence-electron chi connectivity index (χ1n) is 5.52. The quantitative estimate of drug-likeness (QED) is 0.730. The molecule has 1 aliphatic heterocycles. The van der Waals surface area contributed by atoms with Crippen molar-refractivity contribution in [3.8, 4) is 0 Å². The van der Waals surface area contributed by atoms with E-state index in [1.807, 2.05) is 25.3 Å². The molecule has 16 heavy (non-hydrogen) atoms. The fraction of sp³-hybridized carbons (Fsp3) is 0.308. The second kappa shape index (κ2) is 3.67. The lowest BCUT2D eigenvalue weighted by molar-refractivity contribution is -0.115. The zero-order valence-electron chi connectivity index (χ0n) is 9.14. The molecule has 3 heteroatoms. The van der Waals surface area contributed by atoms with Crippen LogP contribution in [0.15, 0.2) is 40.3 Å². The van der Waals surface area contributed by atoms with Gasteiger partial charge in [0.15, 0.2) is 5.78 Å². The number of ketones is 1. The summed E-state index contributed by atoms with van der Waals surface area (Å²) in [7, 11) is 2.02. The van der Waals surface area contributed by atoms with E-state index < -0.39 is 0 Å². The molecule has 0 N–H and O–H groups in total. The summed E-state index contributed by atoms with van der Waals surface area (Å²) in [4.78, 5) is 15.1. The predicted molar refractivity (Wildman–Crippen MR) is 66.5 cm³/mol. The van der Waals surface area contributed by atoms with E-state index in [1.54, 1.807) is 11.8 Å². The van der Waals surface area contributed by atoms with E-state index in [2.05, 4.69) is 17.0 Å². The van der Waals surface area contributed by atoms with Crippen LogP contribution in [0.25, 0.3) is 0 Å². The Bertz CT molecular complexity index is 477. The van der Waals surface area contributed by atoms with E-state index in [1.165, 1.54) is 10.6 Å². The molecule has 1 aromatic rings. The minimum atomic E-state index is 0.294. The number of allylic oxidation sites excluding steroid dienone is 1. The van der Waals surface area contributed by atoms with Crippen molar-refractivity contribution in [1.82, 2.24) is 0 Å². The first-order chi connectivity index (χ1) is 7.75. The van der Waals surface area contributed by atoms with Crippen LogP contribution in [0.5, 0.6) is 0 Å². The van der Waals surface area contributed by atoms with Crippen molar-refractivity contribution in [3.63, 3.8) is 0 Å². The molecule has 0 saturated heterocycles. The van der Waals surface area contributed by atoms with Crippen LogP contribution < -0.4 is 4.90 Å². The first kappa shape index (κ1) is 9.97. The van der Waals surface area contributed by atoms with Gasteiger partial charge in [0.25, 0.3) is 0 Å². The van der Waals surface area contributed by atoms with E-state index in [0.29, 0.717) is 11.7 Å². The van der Waals surface area contributed by atoms with Crippen LogP contribution in [0.3, 0.4) is 0 Å². The minimum Gasteiger partial charge on any atom is -0.338 e. The van der Waals surface area contributed by atoms with Gasteiger partial charge >= 0.3 is 0 Å². The number of rotatable bonds is 2. The fourth-order valence-electron chi connectivity index (χ4n) is 1.85. The summed E-state index contributed by atoms with van der Waals surface area (Å²) in [6, 6.07) is 8.25. The summed E-state index contributed by atoms with van der Waals surface area (Å²) in [5.74, 6) is 0.604. The Morgan fingerprint density at radius 3 is 2.88 bits per heavy atom. The number of carbonyl (C=O) groups excluding carboxylic acids is 1. The number of fused-ring (bicyclic) bond motifs is 1. The maximum atomic E-state index is 11.7. The minimum absolute atomic E-state index is 0.294. The maximum Gasteiger partial charge on any atom is 0.161 e. The number of nitrogens with zero attached hydrogens (tertiary/aromatic N) is 1. The largest absolute Gasteiger partial charge is 0.338 e. The van der Waals surface area contributed by atoms with Crippen LogP contribution in [0.4, 0.5) is 5.69 Å². The Kier molecular flexibility index (Phi) is 2.28. The summed E-state index contributed by atoms with van der Waals surface area (Å²) < 4.78 is 0. The van der Waals surface area contributed by atoms with E-state index in [9.17, 15) is 4.79 Å². The Balaban J connectivity index is 1.88. The molecule has 1 heterocycles. The Hall–Kier alpha value is -1.22. The van der Waals surface area contributed by atoms with Crippen LogP contribution in [0, 0.1) is 5.92 Å². The van der Waals surface area contributed by atoms with Gasteiger partial charge in [0.2, 0.25) is 0 Å². The van der Waals surface area contributed by atoms with Gasteiger partial charge in [0.1, 0.15) is 0 Å². The van der Waals surface area contributed by atoms with Gasteiger partial charge in [-0.15, -0.1) is 0 Å². The summed E-state index contributed by atoms with van der Waals surface area (Å²) in [5.41, 5.74) is 1.20. The van der Waals surface area contributed by atoms with E-state index >= 15 is 0 Å². The predicted octanol–water partition coefficient (Wildman–Crippen LogP) is 3.05. The Morgan fingerprint density at radius 2 is 2.19 bits per heavy atom. The Labute approximate surface area is 99.3 Å². The average Bonchev–Trinajstić information content (AvgIpc) is 3.08. The summed E-state index contributed by atoms with van der Waals surface area (Å²) in [5, 5.41) is 1.05. The van der Waals surface area contributed by atoms with Crippen LogP contribution in [-0.4, -0.2) is 12.8 Å². The molecular weight excluding hydrogens is 218 g/mol. The molecule has 0 unspecified atom stereocenters. The van der Waals surface area contributed by atoms with Gasteiger partial charge in [-0.1, -0.05) is 23.9 Å². The highest BCUT2D eigenvalue weighted by atomic mass is 32.2. The van der Waals surface area contributed by atoms with Gasteiger partial charge < -0.3 is 4.90 Å². The molecule has 1 aliphatic carbocycles. The molecule has 0 aromatic heterocycles. The standard InChI is InChI=1S/C13H13NOS/c1-14-10-4-2-3-5-12(10)16-13(14)8-11(15)9-6-7-9/h2-5,8-9H,6-7H2,1H3/b13-8-. The number of para-hydroxylation sites is 1. The first-order valence-corrected chi connectivity index (χ1v) is 6.33. The van der Waals surface area contributed by atoms with Crippen molar-refractivity contribution >= 4 is 23.2 Å². The molecule has 0 amide bonds. The van der Waals surface area contributed by atoms with Crippen molar-refractivity contribution in [1.29, 1.82) is 0 Å². The van der Waals surface area contributed by atoms with Gasteiger partial charge in [-0.3, -0.25) is 4.79 Å². The third-order valence-corrected chi connectivity index (χ3v) is 4.18. The van der Waals surface area contributed by atoms with Crippen molar-refractivity contribution in [2.75, 3.05) is 11.9 Å². The van der Waals surface area contributed by atoms with Crippen molar-refractivity contribution < 1.29 is 4.79 Å². The highest BCUT2D eigenvalue weighted by Crippen LogP contribution is 2.45. The molecule has 1 aromatic carbocycles. The maximum absolute atomic E-state index is 11.7. The summed E-state index contributed by atoms with van der Waals surface area (Å²) in [6.45, 7) is 0. The molecule has 0 radical (unpaired) electrons. The number of thioether (sulfide) groups is 1. The lowest BCUT2D eigenvalue weighted by Gasteiger charge is -2.12. The number of anilines is 1. The van der Waals surface area contributed by atoms with Crippen LogP contribution in [0.1, 0.15) is 12.8 Å². The number of carbonyl (C=O) groups is 1. The zero-order chi connectivity index (χ0) is 11.1. The topological polar surface area (TPSA) is 20.3 Å². The smallest absolute Gasteiger partial charge is 0.161 e. The third kappa shape index (κ3) is 1.65. The molecule has 0 bridgehead atoms. The highest BCUT2D eigenvalue weighted by molar-refractivity contribution is 8.03. The van der Waals surface area contributed by atoms with Crippen LogP contribution >= 0.6 is 11.8 Å². The zero-order valence-corrected chi connectivity index (χ0v) is 9.96. The second-order valence-corrected chi connectivity index (χ2v) is 5.35. The number of hydrogen-bond acceptors (Lipinski definition) is 3. The normalized spacial score (nSPS) is 21.3. The number of hydrogen-bond donors (Lipinski definition) is 0. The molecule has 0 spiro atoms. The average molecular weight is 231 g/mol. The van der Waals surface area contributed by atoms with Gasteiger partial charge in [-0.25, -0.2) is 0 Å². The molecular formula is C13H13NOS. The molecule has 1 fully saturated rings. The van der Waals surface area contributed by atoms with Crippen LogP contribution in [-0.2, 0) is 4.79 Å². The van der Waals surface area contributed by atoms with Crippen molar-refractivity contribution in [3.05, 3.63) is 35.4 Å². The van der Waals surface area contributed by atoms with Crippen molar-refractivity contribution in [2.24, 2.45) is 5.92 Å². The molecule has 0 atom stereocenters. The fourth-order valence-corrected chi connectivity index (χ4v) is 2.95. The molecule has 2 nitrogen and oxygen atoms in total. The molecule has 82 valence electrons. The molecule has 2 aliphatic rings. The van der Waals surface area contributed by atoms with Gasteiger partial charge in [-0.05, 0) is 25.0 Å². The van der Waals surface area contributed by atoms with Crippen molar-refractivity contribution in [2.45, 2.75) is 17.7 Å². The number of benzene rings is 1. The van der Waals surface area contributed by atoms with E-state index in [4.69, 9.17) is 0 Å². The second-order valence-electron chi connectivity index (χ2n) is 4.29. The highest BCUT2D eigenvalue weighted by Gasteiger charge is 2.30. The van der Waals surface area contributed by atoms with Gasteiger partial charge in [0.05, 0.1) is 10.7 Å². The third-order valence-electron chi connectivity index (χ3n) is 3.02. The van der Waals surface area contributed by atoms with E-state index in [0.717, 1.165) is 17.9 Å². The lowest BCUT2D eigenvalue weighted by atomic mass is 10.2. The van der Waals surface area contributed by atoms with E-state index in [-0.39, 0.29) is 0 Å². The summed E-state index contributed by atoms with van der Waals surface area (Å²) >= 11 is 1.68. The van der Waals surface area contributed by atoms with Gasteiger partial charge in [-0.2, -0.15) is 0 Å². The summed E-state index contributed by atoms with van der Waals surface area (Å²) in [6.07, 6.45) is 3.95. The lowest BCUT2D eigenvalue weighted by Crippen LogP contribution is -2.11. The van der Waals surface area contributed by atoms with Crippen LogP contribution in [0.2, 0.25) is 0 Å². The Morgan fingerprint density at radius 1 is 1.44 bits per heavy atom. The molecule has 1 saturated carbocycles. The molecule has 3 rings (SSSR count). The van der Waals surface area contributed by atoms with Gasteiger partial charge in [0, 0.05) is 23.9 Å². The SMILES string of the molecule is CN1/C(=C/C(=O)C2CC2)Sc2ccccc21.